The van der Waals surface area contributed by atoms with Crippen LogP contribution in [-0.2, 0) is 4.79 Å². The number of amides is 1. The number of rotatable bonds is 6. The molecule has 0 radical (unpaired) electrons. The van der Waals surface area contributed by atoms with Crippen molar-refractivity contribution < 1.29 is 14.7 Å². The van der Waals surface area contributed by atoms with Gasteiger partial charge in [-0.3, -0.25) is 9.59 Å². The summed E-state index contributed by atoms with van der Waals surface area (Å²) < 4.78 is 0. The summed E-state index contributed by atoms with van der Waals surface area (Å²) in [6.45, 7) is 2.65. The van der Waals surface area contributed by atoms with Crippen LogP contribution in [0.4, 0.5) is 0 Å². The van der Waals surface area contributed by atoms with E-state index < -0.39 is 5.97 Å². The maximum absolute atomic E-state index is 12.4. The van der Waals surface area contributed by atoms with Crippen LogP contribution in [0.3, 0.4) is 0 Å². The third kappa shape index (κ3) is 4.33. The van der Waals surface area contributed by atoms with Gasteiger partial charge in [-0.25, -0.2) is 0 Å². The van der Waals surface area contributed by atoms with Gasteiger partial charge in [0.15, 0.2) is 0 Å². The molecule has 4 nitrogen and oxygen atoms in total. The molecule has 1 fully saturated rings. The lowest BCUT2D eigenvalue weighted by Gasteiger charge is -2.23. The van der Waals surface area contributed by atoms with E-state index in [9.17, 15) is 9.59 Å². The van der Waals surface area contributed by atoms with E-state index in [1.54, 1.807) is 4.90 Å². The van der Waals surface area contributed by atoms with Crippen molar-refractivity contribution in [1.29, 1.82) is 0 Å². The van der Waals surface area contributed by atoms with Crippen LogP contribution >= 0.6 is 0 Å². The summed E-state index contributed by atoms with van der Waals surface area (Å²) in [6, 6.07) is 7.90. The van der Waals surface area contributed by atoms with Gasteiger partial charge < -0.3 is 10.0 Å². The topological polar surface area (TPSA) is 57.6 Å². The smallest absolute Gasteiger partial charge is 0.305 e. The molecule has 0 unspecified atom stereocenters. The van der Waals surface area contributed by atoms with Gasteiger partial charge >= 0.3 is 5.97 Å². The Kier molecular flexibility index (Phi) is 5.99. The van der Waals surface area contributed by atoms with Gasteiger partial charge in [-0.2, -0.15) is 0 Å². The van der Waals surface area contributed by atoms with Crippen LogP contribution in [0.25, 0.3) is 0 Å². The Balaban J connectivity index is 2.01. The molecule has 120 valence electrons. The highest BCUT2D eigenvalue weighted by molar-refractivity contribution is 5.94. The molecule has 0 aromatic heterocycles. The largest absolute Gasteiger partial charge is 0.481 e. The standard InChI is InChI=1S/C18H25NO3/c1-2-19(13-12-17(20)21)18(22)16-10-8-15(9-11-16)14-6-4-3-5-7-14/h8-11,14H,2-7,12-13H2,1H3,(H,20,21). The zero-order chi connectivity index (χ0) is 15.9. The molecule has 4 heteroatoms. The Hall–Kier alpha value is -1.84. The fraction of sp³-hybridized carbons (Fsp3) is 0.556. The van der Waals surface area contributed by atoms with Crippen molar-refractivity contribution >= 4 is 11.9 Å². The summed E-state index contributed by atoms with van der Waals surface area (Å²) in [5.74, 6) is -0.329. The molecule has 0 atom stereocenters. The number of benzene rings is 1. The first-order valence-electron chi connectivity index (χ1n) is 8.23. The monoisotopic (exact) mass is 303 g/mol. The number of carboxylic acid groups (broad SMARTS) is 1. The van der Waals surface area contributed by atoms with Crippen molar-refractivity contribution in [2.24, 2.45) is 0 Å². The van der Waals surface area contributed by atoms with Gasteiger partial charge in [-0.15, -0.1) is 0 Å². The van der Waals surface area contributed by atoms with E-state index in [0.717, 1.165) is 0 Å². The summed E-state index contributed by atoms with van der Waals surface area (Å²) in [7, 11) is 0. The molecule has 1 aromatic rings. The molecule has 1 saturated carbocycles. The second-order valence-electron chi connectivity index (χ2n) is 5.99. The Bertz CT molecular complexity index is 504. The summed E-state index contributed by atoms with van der Waals surface area (Å²) in [5, 5.41) is 8.75. The highest BCUT2D eigenvalue weighted by atomic mass is 16.4. The molecule has 1 aliphatic carbocycles. The molecular formula is C18H25NO3. The Labute approximate surface area is 132 Å². The zero-order valence-electron chi connectivity index (χ0n) is 13.3. The number of carbonyl (C=O) groups is 2. The summed E-state index contributed by atoms with van der Waals surface area (Å²) in [4.78, 5) is 24.7. The second-order valence-corrected chi connectivity index (χ2v) is 5.99. The van der Waals surface area contributed by atoms with Crippen LogP contribution in [0.1, 0.15) is 67.3 Å². The Morgan fingerprint density at radius 3 is 2.32 bits per heavy atom. The third-order valence-electron chi connectivity index (χ3n) is 4.50. The van der Waals surface area contributed by atoms with E-state index in [2.05, 4.69) is 12.1 Å². The van der Waals surface area contributed by atoms with Crippen LogP contribution in [0, 0.1) is 0 Å². The average Bonchev–Trinajstić information content (AvgIpc) is 2.56. The van der Waals surface area contributed by atoms with Gasteiger partial charge in [0.05, 0.1) is 6.42 Å². The van der Waals surface area contributed by atoms with Crippen molar-refractivity contribution in [3.63, 3.8) is 0 Å². The van der Waals surface area contributed by atoms with E-state index in [1.165, 1.54) is 37.7 Å². The predicted octanol–water partition coefficient (Wildman–Crippen LogP) is 3.67. The maximum atomic E-state index is 12.4. The number of carboxylic acids is 1. The van der Waals surface area contributed by atoms with E-state index in [0.29, 0.717) is 18.0 Å². The molecule has 0 heterocycles. The molecule has 0 saturated heterocycles. The van der Waals surface area contributed by atoms with E-state index in [1.807, 2.05) is 19.1 Å². The number of aliphatic carboxylic acids is 1. The first kappa shape index (κ1) is 16.5. The van der Waals surface area contributed by atoms with Crippen LogP contribution in [0.15, 0.2) is 24.3 Å². The Morgan fingerprint density at radius 1 is 1.14 bits per heavy atom. The summed E-state index contributed by atoms with van der Waals surface area (Å²) >= 11 is 0. The number of nitrogens with zero attached hydrogens (tertiary/aromatic N) is 1. The van der Waals surface area contributed by atoms with Crippen molar-refractivity contribution in [1.82, 2.24) is 4.90 Å². The fourth-order valence-electron chi connectivity index (χ4n) is 3.15. The van der Waals surface area contributed by atoms with E-state index >= 15 is 0 Å². The summed E-state index contributed by atoms with van der Waals surface area (Å²) in [6.07, 6.45) is 6.40. The molecule has 0 spiro atoms. The minimum Gasteiger partial charge on any atom is -0.481 e. The normalized spacial score (nSPS) is 15.5. The van der Waals surface area contributed by atoms with E-state index in [4.69, 9.17) is 5.11 Å². The van der Waals surface area contributed by atoms with Crippen LogP contribution < -0.4 is 0 Å². The predicted molar refractivity (Wildman–Crippen MR) is 86.1 cm³/mol. The van der Waals surface area contributed by atoms with Crippen LogP contribution in [-0.4, -0.2) is 35.0 Å². The molecular weight excluding hydrogens is 278 g/mol. The highest BCUT2D eigenvalue weighted by Crippen LogP contribution is 2.32. The van der Waals surface area contributed by atoms with Crippen LogP contribution in [0.5, 0.6) is 0 Å². The Morgan fingerprint density at radius 2 is 1.77 bits per heavy atom. The van der Waals surface area contributed by atoms with Crippen molar-refractivity contribution in [2.45, 2.75) is 51.4 Å². The minimum atomic E-state index is -0.876. The maximum Gasteiger partial charge on any atom is 0.305 e. The van der Waals surface area contributed by atoms with Gasteiger partial charge in [-0.1, -0.05) is 31.4 Å². The van der Waals surface area contributed by atoms with Gasteiger partial charge in [0.25, 0.3) is 5.91 Å². The molecule has 0 bridgehead atoms. The fourth-order valence-corrected chi connectivity index (χ4v) is 3.15. The van der Waals surface area contributed by atoms with E-state index in [-0.39, 0.29) is 18.9 Å². The second kappa shape index (κ2) is 7.97. The highest BCUT2D eigenvalue weighted by Gasteiger charge is 2.18. The minimum absolute atomic E-state index is 0.0141. The first-order chi connectivity index (χ1) is 10.6. The summed E-state index contributed by atoms with van der Waals surface area (Å²) in [5.41, 5.74) is 1.97. The van der Waals surface area contributed by atoms with Gasteiger partial charge in [0.2, 0.25) is 0 Å². The van der Waals surface area contributed by atoms with Gasteiger partial charge in [0.1, 0.15) is 0 Å². The molecule has 0 aliphatic heterocycles. The third-order valence-corrected chi connectivity index (χ3v) is 4.50. The zero-order valence-corrected chi connectivity index (χ0v) is 13.3. The SMILES string of the molecule is CCN(CCC(=O)O)C(=O)c1ccc(C2CCCCC2)cc1. The lowest BCUT2D eigenvalue weighted by molar-refractivity contribution is -0.137. The van der Waals surface area contributed by atoms with Crippen molar-refractivity contribution in [3.8, 4) is 0 Å². The van der Waals surface area contributed by atoms with Gasteiger partial charge in [-0.05, 0) is 43.4 Å². The quantitative estimate of drug-likeness (QED) is 0.872. The lowest BCUT2D eigenvalue weighted by atomic mass is 9.84. The molecule has 1 amide bonds. The molecule has 1 aliphatic rings. The van der Waals surface area contributed by atoms with Crippen molar-refractivity contribution in [3.05, 3.63) is 35.4 Å². The van der Waals surface area contributed by atoms with Crippen LogP contribution in [0.2, 0.25) is 0 Å². The number of carbonyl (C=O) groups excluding carboxylic acids is 1. The number of hydrogen-bond acceptors (Lipinski definition) is 2. The van der Waals surface area contributed by atoms with Crippen molar-refractivity contribution in [2.75, 3.05) is 13.1 Å². The molecule has 1 aromatic carbocycles. The number of hydrogen-bond donors (Lipinski definition) is 1. The molecule has 1 N–H and O–H groups in total. The van der Waals surface area contributed by atoms with Gasteiger partial charge in [0, 0.05) is 18.7 Å². The average molecular weight is 303 g/mol. The lowest BCUT2D eigenvalue weighted by Crippen LogP contribution is -2.32. The molecule has 2 rings (SSSR count). The first-order valence-corrected chi connectivity index (χ1v) is 8.23. The molecule has 22 heavy (non-hydrogen) atoms.